The maximum Gasteiger partial charge on any atom is 0.270 e. The zero-order valence-electron chi connectivity index (χ0n) is 14.4. The second kappa shape index (κ2) is 7.16. The Balaban J connectivity index is 1.99. The molecule has 0 aliphatic carbocycles. The Morgan fingerprint density at radius 2 is 1.93 bits per heavy atom. The van der Waals surface area contributed by atoms with Gasteiger partial charge in [-0.25, -0.2) is 0 Å². The number of nitro benzene ring substituents is 1. The van der Waals surface area contributed by atoms with Crippen molar-refractivity contribution in [2.45, 2.75) is 0 Å². The highest BCUT2D eigenvalue weighted by Crippen LogP contribution is 2.29. The van der Waals surface area contributed by atoms with Gasteiger partial charge in [0.25, 0.3) is 11.6 Å². The van der Waals surface area contributed by atoms with E-state index in [9.17, 15) is 14.9 Å². The van der Waals surface area contributed by atoms with E-state index >= 15 is 0 Å². The Bertz CT molecular complexity index is 1110. The molecule has 138 valence electrons. The van der Waals surface area contributed by atoms with Crippen LogP contribution in [0.1, 0.15) is 10.4 Å². The number of carbonyl (C=O) groups is 1. The van der Waals surface area contributed by atoms with Crippen LogP contribution in [0.4, 0.5) is 11.4 Å². The van der Waals surface area contributed by atoms with Crippen molar-refractivity contribution in [1.29, 1.82) is 5.41 Å². The molecule has 0 atom stereocenters. The zero-order valence-corrected chi connectivity index (χ0v) is 14.4. The number of fused-ring (bicyclic) bond motifs is 1. The van der Waals surface area contributed by atoms with Crippen molar-refractivity contribution in [3.05, 3.63) is 63.7 Å². The van der Waals surface area contributed by atoms with Crippen molar-refractivity contribution in [2.24, 2.45) is 0 Å². The summed E-state index contributed by atoms with van der Waals surface area (Å²) in [7, 11) is 2.96. The molecule has 2 aromatic carbocycles. The van der Waals surface area contributed by atoms with Gasteiger partial charge in [-0.1, -0.05) is 0 Å². The van der Waals surface area contributed by atoms with Gasteiger partial charge in [-0.3, -0.25) is 20.3 Å². The van der Waals surface area contributed by atoms with Gasteiger partial charge in [0.15, 0.2) is 0 Å². The molecule has 0 spiro atoms. The number of hydrogen-bond acceptors (Lipinski definition) is 7. The average molecular weight is 369 g/mol. The molecule has 3 aromatic rings. The Morgan fingerprint density at radius 3 is 2.59 bits per heavy atom. The number of methoxy groups -OCH3 is 2. The minimum Gasteiger partial charge on any atom is -0.497 e. The third-order valence-electron chi connectivity index (χ3n) is 3.86. The van der Waals surface area contributed by atoms with Gasteiger partial charge in [0.05, 0.1) is 24.8 Å². The number of anilines is 1. The number of nitrogens with zero attached hydrogens (tertiary/aromatic N) is 1. The molecule has 0 unspecified atom stereocenters. The third-order valence-corrected chi connectivity index (χ3v) is 3.86. The van der Waals surface area contributed by atoms with E-state index in [1.54, 1.807) is 18.2 Å². The minimum atomic E-state index is -0.611. The first-order valence-electron chi connectivity index (χ1n) is 7.73. The number of hydrogen-bond donors (Lipinski definition) is 2. The lowest BCUT2D eigenvalue weighted by atomic mass is 10.1. The summed E-state index contributed by atoms with van der Waals surface area (Å²) in [5.74, 6) is 0.322. The highest BCUT2D eigenvalue weighted by atomic mass is 16.6. The molecule has 2 N–H and O–H groups in total. The summed E-state index contributed by atoms with van der Waals surface area (Å²) in [5, 5.41) is 21.8. The summed E-state index contributed by atoms with van der Waals surface area (Å²) in [5.41, 5.74) is 0.0758. The topological polar surface area (TPSA) is 128 Å². The van der Waals surface area contributed by atoms with Crippen LogP contribution in [0.5, 0.6) is 11.5 Å². The summed E-state index contributed by atoms with van der Waals surface area (Å²) >= 11 is 0. The first kappa shape index (κ1) is 17.9. The number of nitrogens with one attached hydrogen (secondary N) is 2. The number of non-ortho nitro benzene ring substituents is 1. The van der Waals surface area contributed by atoms with Crippen molar-refractivity contribution in [3.8, 4) is 11.5 Å². The zero-order chi connectivity index (χ0) is 19.6. The Hall–Kier alpha value is -3.88. The molecule has 0 aliphatic rings. The lowest BCUT2D eigenvalue weighted by Gasteiger charge is -2.11. The smallest absolute Gasteiger partial charge is 0.270 e. The van der Waals surface area contributed by atoms with Crippen LogP contribution in [0.3, 0.4) is 0 Å². The molecule has 0 fully saturated rings. The Morgan fingerprint density at radius 1 is 1.15 bits per heavy atom. The van der Waals surface area contributed by atoms with E-state index in [-0.39, 0.29) is 22.4 Å². The van der Waals surface area contributed by atoms with Gasteiger partial charge in [-0.05, 0) is 24.3 Å². The first-order chi connectivity index (χ1) is 12.9. The van der Waals surface area contributed by atoms with Gasteiger partial charge in [0, 0.05) is 23.6 Å². The standard InChI is InChI=1S/C18H15N3O6/c1-25-12-4-5-14(16(9-12)26-2)20-18(22)13-8-10-7-11(21(23)24)3-6-15(10)27-17(13)19/h3-9,19H,1-2H3,(H,20,22). The highest BCUT2D eigenvalue weighted by Gasteiger charge is 2.16. The van der Waals surface area contributed by atoms with Crippen molar-refractivity contribution in [3.63, 3.8) is 0 Å². The van der Waals surface area contributed by atoms with Gasteiger partial charge in [-0.15, -0.1) is 0 Å². The van der Waals surface area contributed by atoms with E-state index in [1.165, 1.54) is 38.5 Å². The maximum absolute atomic E-state index is 12.6. The maximum atomic E-state index is 12.6. The molecule has 27 heavy (non-hydrogen) atoms. The number of ether oxygens (including phenoxy) is 2. The largest absolute Gasteiger partial charge is 0.497 e. The summed E-state index contributed by atoms with van der Waals surface area (Å²) in [6.07, 6.45) is 0. The van der Waals surface area contributed by atoms with Crippen LogP contribution in [-0.4, -0.2) is 25.1 Å². The number of amides is 1. The van der Waals surface area contributed by atoms with Crippen LogP contribution in [0.2, 0.25) is 0 Å². The lowest BCUT2D eigenvalue weighted by molar-refractivity contribution is -0.384. The van der Waals surface area contributed by atoms with Crippen LogP contribution >= 0.6 is 0 Å². The monoisotopic (exact) mass is 369 g/mol. The van der Waals surface area contributed by atoms with E-state index in [0.717, 1.165) is 0 Å². The van der Waals surface area contributed by atoms with Crippen molar-refractivity contribution < 1.29 is 23.6 Å². The van der Waals surface area contributed by atoms with Crippen LogP contribution in [0, 0.1) is 15.5 Å². The van der Waals surface area contributed by atoms with Crippen LogP contribution in [-0.2, 0) is 0 Å². The molecular formula is C18H15N3O6. The van der Waals surface area contributed by atoms with Gasteiger partial charge < -0.3 is 19.2 Å². The van der Waals surface area contributed by atoms with E-state index in [4.69, 9.17) is 19.3 Å². The predicted octanol–water partition coefficient (Wildman–Crippen LogP) is 3.09. The second-order valence-electron chi connectivity index (χ2n) is 5.49. The molecule has 0 saturated heterocycles. The van der Waals surface area contributed by atoms with E-state index in [0.29, 0.717) is 22.6 Å². The molecule has 9 heteroatoms. The molecule has 1 heterocycles. The number of benzene rings is 2. The van der Waals surface area contributed by atoms with E-state index in [2.05, 4.69) is 5.32 Å². The molecule has 0 saturated carbocycles. The van der Waals surface area contributed by atoms with Gasteiger partial charge in [-0.2, -0.15) is 0 Å². The Kier molecular flexibility index (Phi) is 4.75. The summed E-state index contributed by atoms with van der Waals surface area (Å²) in [6.45, 7) is 0. The summed E-state index contributed by atoms with van der Waals surface area (Å²) < 4.78 is 15.6. The predicted molar refractivity (Wildman–Crippen MR) is 96.2 cm³/mol. The van der Waals surface area contributed by atoms with Crippen molar-refractivity contribution >= 4 is 28.3 Å². The van der Waals surface area contributed by atoms with E-state index in [1.807, 2.05) is 0 Å². The average Bonchev–Trinajstić information content (AvgIpc) is 2.67. The highest BCUT2D eigenvalue weighted by molar-refractivity contribution is 6.06. The lowest BCUT2D eigenvalue weighted by Crippen LogP contribution is -2.21. The molecule has 0 bridgehead atoms. The van der Waals surface area contributed by atoms with Crippen LogP contribution in [0.15, 0.2) is 46.9 Å². The fraction of sp³-hybridized carbons (Fsp3) is 0.111. The quantitative estimate of drug-likeness (QED) is 0.525. The number of carbonyl (C=O) groups excluding carboxylic acids is 1. The molecule has 9 nitrogen and oxygen atoms in total. The molecule has 3 rings (SSSR count). The molecule has 1 amide bonds. The second-order valence-corrected chi connectivity index (χ2v) is 5.49. The molecule has 0 aliphatic heterocycles. The fourth-order valence-corrected chi connectivity index (χ4v) is 2.50. The van der Waals surface area contributed by atoms with Crippen LogP contribution < -0.4 is 20.3 Å². The van der Waals surface area contributed by atoms with Gasteiger partial charge in [0.1, 0.15) is 22.6 Å². The fourth-order valence-electron chi connectivity index (χ4n) is 2.50. The Labute approximate surface area is 152 Å². The SMILES string of the molecule is COc1ccc(NC(=O)c2cc3cc([N+](=O)[O-])ccc3oc2=N)c(OC)c1. The van der Waals surface area contributed by atoms with Crippen LogP contribution in [0.25, 0.3) is 11.0 Å². The van der Waals surface area contributed by atoms with E-state index < -0.39 is 10.8 Å². The summed E-state index contributed by atoms with van der Waals surface area (Å²) in [6, 6.07) is 10.2. The third kappa shape index (κ3) is 3.56. The number of nitro groups is 1. The van der Waals surface area contributed by atoms with Crippen molar-refractivity contribution in [2.75, 3.05) is 19.5 Å². The summed E-state index contributed by atoms with van der Waals surface area (Å²) in [4.78, 5) is 23.0. The molecule has 0 radical (unpaired) electrons. The number of rotatable bonds is 5. The molecule has 1 aromatic heterocycles. The molecular weight excluding hydrogens is 354 g/mol. The normalized spacial score (nSPS) is 10.4. The first-order valence-corrected chi connectivity index (χ1v) is 7.73. The van der Waals surface area contributed by atoms with Gasteiger partial charge >= 0.3 is 0 Å². The van der Waals surface area contributed by atoms with Crippen molar-refractivity contribution in [1.82, 2.24) is 0 Å². The van der Waals surface area contributed by atoms with Gasteiger partial charge in [0.2, 0.25) is 5.55 Å². The minimum absolute atomic E-state index is 0.0686.